The van der Waals surface area contributed by atoms with Crippen molar-refractivity contribution in [1.82, 2.24) is 15.1 Å². The van der Waals surface area contributed by atoms with Crippen LogP contribution in [0.2, 0.25) is 0 Å². The number of aliphatic hydroxyl groups excluding tert-OH is 1. The molecule has 28 heavy (non-hydrogen) atoms. The number of nitrogens with one attached hydrogen (secondary N) is 1. The lowest BCUT2D eigenvalue weighted by molar-refractivity contribution is -0.120. The second kappa shape index (κ2) is 10.8. The maximum absolute atomic E-state index is 11.5. The summed E-state index contributed by atoms with van der Waals surface area (Å²) in [5.74, 6) is 0.924. The van der Waals surface area contributed by atoms with E-state index in [2.05, 4.69) is 28.2 Å². The first-order valence-electron chi connectivity index (χ1n) is 10.7. The number of ether oxygens (including phenoxy) is 1. The number of benzene rings is 1. The van der Waals surface area contributed by atoms with Crippen LogP contribution in [0.3, 0.4) is 0 Å². The van der Waals surface area contributed by atoms with E-state index < -0.39 is 6.10 Å². The topological polar surface area (TPSA) is 65.0 Å². The molecule has 0 aromatic heterocycles. The first kappa shape index (κ1) is 21.1. The molecule has 1 atom stereocenters. The zero-order valence-corrected chi connectivity index (χ0v) is 17.1. The van der Waals surface area contributed by atoms with E-state index in [0.717, 1.165) is 25.4 Å². The molecule has 6 heteroatoms. The summed E-state index contributed by atoms with van der Waals surface area (Å²) in [6, 6.07) is 8.65. The Hall–Kier alpha value is -1.63. The molecule has 1 aromatic rings. The summed E-state index contributed by atoms with van der Waals surface area (Å²) >= 11 is 0. The van der Waals surface area contributed by atoms with E-state index in [1.807, 2.05) is 18.2 Å². The number of amides is 1. The number of carbonyl (C=O) groups is 1. The molecule has 1 aromatic carbocycles. The van der Waals surface area contributed by atoms with Gasteiger partial charge in [0.15, 0.2) is 0 Å². The van der Waals surface area contributed by atoms with Gasteiger partial charge in [-0.1, -0.05) is 31.4 Å². The smallest absolute Gasteiger partial charge is 0.221 e. The normalized spacial score (nSPS) is 20.6. The molecule has 3 rings (SSSR count). The lowest BCUT2D eigenvalue weighted by atomic mass is 9.94. The molecule has 1 aliphatic carbocycles. The first-order chi connectivity index (χ1) is 13.6. The van der Waals surface area contributed by atoms with Crippen molar-refractivity contribution in [1.29, 1.82) is 0 Å². The highest BCUT2D eigenvalue weighted by molar-refractivity contribution is 5.76. The van der Waals surface area contributed by atoms with Gasteiger partial charge in [-0.3, -0.25) is 9.69 Å². The zero-order chi connectivity index (χ0) is 19.8. The Morgan fingerprint density at radius 1 is 1.29 bits per heavy atom. The van der Waals surface area contributed by atoms with Crippen LogP contribution in [0.4, 0.5) is 0 Å². The second-order valence-corrected chi connectivity index (χ2v) is 8.22. The van der Waals surface area contributed by atoms with Gasteiger partial charge in [-0.25, -0.2) is 0 Å². The van der Waals surface area contributed by atoms with Gasteiger partial charge in [-0.15, -0.1) is 0 Å². The SMILES string of the molecule is CN(C[C@@H](O)COc1cccc(CN2CCNC(=O)CC2)c1)C1CCCCC1. The Morgan fingerprint density at radius 2 is 2.11 bits per heavy atom. The van der Waals surface area contributed by atoms with Gasteiger partial charge in [-0.2, -0.15) is 0 Å². The summed E-state index contributed by atoms with van der Waals surface area (Å²) in [6.45, 7) is 4.11. The number of rotatable bonds is 8. The van der Waals surface area contributed by atoms with Gasteiger partial charge in [0.05, 0.1) is 0 Å². The predicted molar refractivity (Wildman–Crippen MR) is 110 cm³/mol. The summed E-state index contributed by atoms with van der Waals surface area (Å²) in [7, 11) is 2.11. The summed E-state index contributed by atoms with van der Waals surface area (Å²) in [5, 5.41) is 13.3. The summed E-state index contributed by atoms with van der Waals surface area (Å²) < 4.78 is 5.87. The minimum absolute atomic E-state index is 0.131. The molecule has 1 heterocycles. The highest BCUT2D eigenvalue weighted by atomic mass is 16.5. The molecule has 1 aliphatic heterocycles. The average Bonchev–Trinajstić information content (AvgIpc) is 2.91. The molecule has 1 saturated carbocycles. The van der Waals surface area contributed by atoms with E-state index in [-0.39, 0.29) is 5.91 Å². The molecule has 2 fully saturated rings. The summed E-state index contributed by atoms with van der Waals surface area (Å²) in [5.41, 5.74) is 1.17. The van der Waals surface area contributed by atoms with Crippen molar-refractivity contribution < 1.29 is 14.6 Å². The van der Waals surface area contributed by atoms with E-state index in [9.17, 15) is 9.90 Å². The fraction of sp³-hybridized carbons (Fsp3) is 0.682. The first-order valence-corrected chi connectivity index (χ1v) is 10.7. The standard InChI is InChI=1S/C22H35N3O3/c1-24(19-7-3-2-4-8-19)16-20(26)17-28-21-9-5-6-18(14-21)15-25-12-10-22(27)23-11-13-25/h5-6,9,14,19-20,26H,2-4,7-8,10-13,15-17H2,1H3,(H,23,27)/t20-/m1/s1. The fourth-order valence-electron chi connectivity index (χ4n) is 4.21. The Kier molecular flexibility index (Phi) is 8.13. The molecular weight excluding hydrogens is 354 g/mol. The number of carbonyl (C=O) groups excluding carboxylic acids is 1. The molecule has 0 bridgehead atoms. The minimum Gasteiger partial charge on any atom is -0.491 e. The van der Waals surface area contributed by atoms with E-state index in [4.69, 9.17) is 4.74 Å². The Morgan fingerprint density at radius 3 is 2.93 bits per heavy atom. The number of hydrogen-bond acceptors (Lipinski definition) is 5. The summed E-state index contributed by atoms with van der Waals surface area (Å²) in [6.07, 6.45) is 6.49. The van der Waals surface area contributed by atoms with Crippen LogP contribution in [0.1, 0.15) is 44.1 Å². The molecule has 156 valence electrons. The number of nitrogens with zero attached hydrogens (tertiary/aromatic N) is 2. The van der Waals surface area contributed by atoms with Crippen molar-refractivity contribution in [2.75, 3.05) is 39.8 Å². The van der Waals surface area contributed by atoms with E-state index in [1.165, 1.54) is 37.7 Å². The maximum Gasteiger partial charge on any atom is 0.221 e. The van der Waals surface area contributed by atoms with Crippen LogP contribution in [-0.4, -0.2) is 72.8 Å². The van der Waals surface area contributed by atoms with Crippen LogP contribution in [-0.2, 0) is 11.3 Å². The van der Waals surface area contributed by atoms with E-state index >= 15 is 0 Å². The van der Waals surface area contributed by atoms with Crippen LogP contribution in [0.15, 0.2) is 24.3 Å². The van der Waals surface area contributed by atoms with Crippen LogP contribution in [0.5, 0.6) is 5.75 Å². The minimum atomic E-state index is -0.488. The van der Waals surface area contributed by atoms with Gasteiger partial charge >= 0.3 is 0 Å². The molecule has 0 unspecified atom stereocenters. The number of aliphatic hydroxyl groups is 1. The zero-order valence-electron chi connectivity index (χ0n) is 17.1. The monoisotopic (exact) mass is 389 g/mol. The molecule has 0 radical (unpaired) electrons. The van der Waals surface area contributed by atoms with E-state index in [1.54, 1.807) is 0 Å². The van der Waals surface area contributed by atoms with Crippen molar-refractivity contribution >= 4 is 5.91 Å². The van der Waals surface area contributed by atoms with Crippen LogP contribution < -0.4 is 10.1 Å². The van der Waals surface area contributed by atoms with Crippen molar-refractivity contribution in [2.45, 2.75) is 57.2 Å². The lowest BCUT2D eigenvalue weighted by Gasteiger charge is -2.32. The van der Waals surface area contributed by atoms with Gasteiger partial charge in [0.25, 0.3) is 0 Å². The van der Waals surface area contributed by atoms with Gasteiger partial charge in [-0.05, 0) is 37.6 Å². The van der Waals surface area contributed by atoms with Gasteiger partial charge in [0.1, 0.15) is 18.5 Å². The molecular formula is C22H35N3O3. The predicted octanol–water partition coefficient (Wildman–Crippen LogP) is 2.01. The molecule has 0 spiro atoms. The number of hydrogen-bond donors (Lipinski definition) is 2. The van der Waals surface area contributed by atoms with Crippen molar-refractivity contribution in [2.24, 2.45) is 0 Å². The Bertz CT molecular complexity index is 619. The Labute approximate surface area is 168 Å². The van der Waals surface area contributed by atoms with Crippen molar-refractivity contribution in [3.63, 3.8) is 0 Å². The fourth-order valence-corrected chi connectivity index (χ4v) is 4.21. The quantitative estimate of drug-likeness (QED) is 0.712. The highest BCUT2D eigenvalue weighted by Crippen LogP contribution is 2.22. The Balaban J connectivity index is 1.44. The van der Waals surface area contributed by atoms with E-state index in [0.29, 0.717) is 32.2 Å². The molecule has 1 amide bonds. The molecule has 6 nitrogen and oxygen atoms in total. The third-order valence-corrected chi connectivity index (χ3v) is 5.85. The molecule has 1 saturated heterocycles. The van der Waals surface area contributed by atoms with Crippen LogP contribution in [0.25, 0.3) is 0 Å². The van der Waals surface area contributed by atoms with Crippen LogP contribution in [0, 0.1) is 0 Å². The molecule has 2 N–H and O–H groups in total. The van der Waals surface area contributed by atoms with Gasteiger partial charge in [0.2, 0.25) is 5.91 Å². The second-order valence-electron chi connectivity index (χ2n) is 8.22. The highest BCUT2D eigenvalue weighted by Gasteiger charge is 2.20. The van der Waals surface area contributed by atoms with Gasteiger partial charge < -0.3 is 20.1 Å². The third-order valence-electron chi connectivity index (χ3n) is 5.85. The third kappa shape index (κ3) is 6.76. The summed E-state index contributed by atoms with van der Waals surface area (Å²) in [4.78, 5) is 16.0. The van der Waals surface area contributed by atoms with Crippen molar-refractivity contribution in [3.05, 3.63) is 29.8 Å². The maximum atomic E-state index is 11.5. The lowest BCUT2D eigenvalue weighted by Crippen LogP contribution is -2.40. The number of likely N-dealkylation sites (N-methyl/N-ethyl adjacent to an activating group) is 1. The van der Waals surface area contributed by atoms with Gasteiger partial charge in [0, 0.05) is 45.2 Å². The van der Waals surface area contributed by atoms with Crippen LogP contribution >= 0.6 is 0 Å². The average molecular weight is 390 g/mol. The van der Waals surface area contributed by atoms with Crippen molar-refractivity contribution in [3.8, 4) is 5.75 Å². The largest absolute Gasteiger partial charge is 0.491 e. The molecule has 2 aliphatic rings.